The minimum Gasteiger partial charge on any atom is -0.380 e. The third-order valence-electron chi connectivity index (χ3n) is 5.82. The SMILES string of the molecule is C[C@]1([C@@H](O)C(=O)Nc2ccc3c(N)noc3c2)OCCN(c2cccc(-c3ccnnc3)n2)C1=O. The lowest BCUT2D eigenvalue weighted by Crippen LogP contribution is -2.63. The molecule has 0 bridgehead atoms. The first kappa shape index (κ1) is 22.4. The van der Waals surface area contributed by atoms with Crippen molar-refractivity contribution < 1.29 is 24.0 Å². The summed E-state index contributed by atoms with van der Waals surface area (Å²) >= 11 is 0. The number of nitrogen functional groups attached to an aromatic ring is 1. The number of benzene rings is 1. The van der Waals surface area contributed by atoms with Gasteiger partial charge in [0.25, 0.3) is 11.8 Å². The van der Waals surface area contributed by atoms with Crippen molar-refractivity contribution in [3.8, 4) is 11.3 Å². The van der Waals surface area contributed by atoms with Gasteiger partial charge in [0.05, 0.1) is 36.6 Å². The molecule has 12 heteroatoms. The number of fused-ring (bicyclic) bond motifs is 1. The van der Waals surface area contributed by atoms with E-state index in [4.69, 9.17) is 15.0 Å². The largest absolute Gasteiger partial charge is 0.380 e. The van der Waals surface area contributed by atoms with Gasteiger partial charge in [-0.2, -0.15) is 10.2 Å². The summed E-state index contributed by atoms with van der Waals surface area (Å²) in [5.41, 5.74) is 5.91. The molecule has 3 aromatic heterocycles. The number of amides is 2. The molecule has 2 amide bonds. The number of ether oxygens (including phenoxy) is 1. The van der Waals surface area contributed by atoms with Crippen molar-refractivity contribution in [1.29, 1.82) is 0 Å². The standard InChI is InChI=1S/C23H21N7O5/c1-23(19(31)21(32)27-14-5-6-15-17(11-14)35-29-20(15)24)22(33)30(9-10-34-23)18-4-2-3-16(28-18)13-7-8-25-26-12-13/h2-8,11-12,19,31H,9-10H2,1H3,(H2,24,29)(H,27,32)/t19-,23+/m0/s1. The second kappa shape index (κ2) is 8.74. The van der Waals surface area contributed by atoms with E-state index in [9.17, 15) is 14.7 Å². The summed E-state index contributed by atoms with van der Waals surface area (Å²) in [6.45, 7) is 1.68. The van der Waals surface area contributed by atoms with E-state index in [1.165, 1.54) is 17.9 Å². The minimum absolute atomic E-state index is 0.0958. The highest BCUT2D eigenvalue weighted by molar-refractivity contribution is 6.06. The molecule has 1 fully saturated rings. The molecule has 0 spiro atoms. The number of morpholine rings is 1. The van der Waals surface area contributed by atoms with E-state index < -0.39 is 23.5 Å². The van der Waals surface area contributed by atoms with Gasteiger partial charge in [-0.05, 0) is 37.3 Å². The summed E-state index contributed by atoms with van der Waals surface area (Å²) < 4.78 is 10.7. The van der Waals surface area contributed by atoms with Gasteiger partial charge in [-0.15, -0.1) is 0 Å². The number of nitrogens with zero attached hydrogens (tertiary/aromatic N) is 5. The molecule has 0 radical (unpaired) electrons. The number of hydrogen-bond acceptors (Lipinski definition) is 10. The Morgan fingerprint density at radius 1 is 1.26 bits per heavy atom. The number of aromatic nitrogens is 4. The fraction of sp³-hybridized carbons (Fsp3) is 0.217. The van der Waals surface area contributed by atoms with Crippen molar-refractivity contribution in [2.75, 3.05) is 29.1 Å². The summed E-state index contributed by atoms with van der Waals surface area (Å²) in [4.78, 5) is 32.3. The molecule has 35 heavy (non-hydrogen) atoms. The van der Waals surface area contributed by atoms with Gasteiger partial charge in [-0.3, -0.25) is 14.5 Å². The smallest absolute Gasteiger partial charge is 0.263 e. The van der Waals surface area contributed by atoms with Crippen LogP contribution in [-0.2, 0) is 14.3 Å². The van der Waals surface area contributed by atoms with Crippen LogP contribution in [0.15, 0.2) is 59.4 Å². The van der Waals surface area contributed by atoms with Gasteiger partial charge in [-0.1, -0.05) is 11.2 Å². The zero-order valence-electron chi connectivity index (χ0n) is 18.6. The Bertz CT molecular complexity index is 1410. The molecular weight excluding hydrogens is 454 g/mol. The summed E-state index contributed by atoms with van der Waals surface area (Å²) in [5, 5.41) is 25.3. The van der Waals surface area contributed by atoms with Crippen molar-refractivity contribution >= 4 is 40.1 Å². The maximum absolute atomic E-state index is 13.4. The number of aliphatic hydroxyl groups is 1. The van der Waals surface area contributed by atoms with Crippen LogP contribution in [0.5, 0.6) is 0 Å². The molecule has 1 aliphatic rings. The quantitative estimate of drug-likeness (QED) is 0.383. The van der Waals surface area contributed by atoms with Gasteiger partial charge in [0.1, 0.15) is 5.82 Å². The molecule has 1 aromatic carbocycles. The molecule has 178 valence electrons. The first-order valence-corrected chi connectivity index (χ1v) is 10.7. The number of nitrogens with one attached hydrogen (secondary N) is 1. The van der Waals surface area contributed by atoms with Crippen LogP contribution in [0.3, 0.4) is 0 Å². The number of nitrogens with two attached hydrogens (primary N) is 1. The fourth-order valence-corrected chi connectivity index (χ4v) is 3.87. The summed E-state index contributed by atoms with van der Waals surface area (Å²) in [6.07, 6.45) is 1.31. The first-order chi connectivity index (χ1) is 16.9. The Morgan fingerprint density at radius 3 is 2.91 bits per heavy atom. The number of pyridine rings is 1. The number of anilines is 3. The van der Waals surface area contributed by atoms with Crippen LogP contribution in [-0.4, -0.2) is 62.1 Å². The van der Waals surface area contributed by atoms with Crippen LogP contribution in [0.1, 0.15) is 6.92 Å². The van der Waals surface area contributed by atoms with E-state index in [0.29, 0.717) is 28.2 Å². The number of aliphatic hydroxyl groups excluding tert-OH is 1. The van der Waals surface area contributed by atoms with E-state index in [1.54, 1.807) is 48.8 Å². The second-order valence-corrected chi connectivity index (χ2v) is 8.09. The van der Waals surface area contributed by atoms with Crippen LogP contribution < -0.4 is 16.0 Å². The molecule has 0 saturated carbocycles. The number of carbonyl (C=O) groups is 2. The third kappa shape index (κ3) is 4.05. The molecule has 4 heterocycles. The predicted octanol–water partition coefficient (Wildman–Crippen LogP) is 1.38. The van der Waals surface area contributed by atoms with E-state index in [-0.39, 0.29) is 19.0 Å². The van der Waals surface area contributed by atoms with Crippen LogP contribution in [0.2, 0.25) is 0 Å². The van der Waals surface area contributed by atoms with E-state index in [1.807, 2.05) is 0 Å². The lowest BCUT2D eigenvalue weighted by Gasteiger charge is -2.40. The Morgan fingerprint density at radius 2 is 2.11 bits per heavy atom. The van der Waals surface area contributed by atoms with E-state index >= 15 is 0 Å². The molecule has 0 unspecified atom stereocenters. The van der Waals surface area contributed by atoms with Crippen molar-refractivity contribution in [3.63, 3.8) is 0 Å². The molecule has 0 aliphatic carbocycles. The Kier molecular flexibility index (Phi) is 5.59. The van der Waals surface area contributed by atoms with Crippen molar-refractivity contribution in [2.24, 2.45) is 0 Å². The van der Waals surface area contributed by atoms with Gasteiger partial charge in [0, 0.05) is 17.3 Å². The monoisotopic (exact) mass is 475 g/mol. The Labute approximate surface area is 198 Å². The second-order valence-electron chi connectivity index (χ2n) is 8.09. The molecule has 12 nitrogen and oxygen atoms in total. The molecule has 2 atom stereocenters. The van der Waals surface area contributed by atoms with E-state index in [2.05, 4.69) is 25.7 Å². The van der Waals surface area contributed by atoms with Crippen molar-refractivity contribution in [3.05, 3.63) is 54.9 Å². The number of rotatable bonds is 5. The van der Waals surface area contributed by atoms with Gasteiger partial charge in [0.15, 0.2) is 23.1 Å². The number of hydrogen-bond donors (Lipinski definition) is 3. The minimum atomic E-state index is -1.83. The fourth-order valence-electron chi connectivity index (χ4n) is 3.87. The van der Waals surface area contributed by atoms with Crippen LogP contribution >= 0.6 is 0 Å². The highest BCUT2D eigenvalue weighted by Gasteiger charge is 2.50. The van der Waals surface area contributed by atoms with E-state index in [0.717, 1.165) is 5.56 Å². The third-order valence-corrected chi connectivity index (χ3v) is 5.82. The lowest BCUT2D eigenvalue weighted by atomic mass is 9.94. The lowest BCUT2D eigenvalue weighted by molar-refractivity contribution is -0.170. The predicted molar refractivity (Wildman–Crippen MR) is 125 cm³/mol. The van der Waals surface area contributed by atoms with Gasteiger partial charge < -0.3 is 25.4 Å². The molecule has 4 aromatic rings. The number of carbonyl (C=O) groups excluding carboxylic acids is 2. The highest BCUT2D eigenvalue weighted by Crippen LogP contribution is 2.29. The van der Waals surface area contributed by atoms with Gasteiger partial charge in [0.2, 0.25) is 0 Å². The zero-order valence-corrected chi connectivity index (χ0v) is 18.6. The van der Waals surface area contributed by atoms with Gasteiger partial charge >= 0.3 is 0 Å². The van der Waals surface area contributed by atoms with Crippen molar-refractivity contribution in [1.82, 2.24) is 20.3 Å². The normalized spacial score (nSPS) is 19.0. The molecular formula is C23H21N7O5. The average Bonchev–Trinajstić information content (AvgIpc) is 3.25. The maximum atomic E-state index is 13.4. The first-order valence-electron chi connectivity index (χ1n) is 10.7. The Hall–Kier alpha value is -4.42. The van der Waals surface area contributed by atoms with Crippen LogP contribution in [0.4, 0.5) is 17.3 Å². The summed E-state index contributed by atoms with van der Waals surface area (Å²) in [7, 11) is 0. The summed E-state index contributed by atoms with van der Waals surface area (Å²) in [6, 6.07) is 11.7. The summed E-state index contributed by atoms with van der Waals surface area (Å²) in [5.74, 6) is -0.828. The molecule has 1 aliphatic heterocycles. The Balaban J connectivity index is 1.36. The maximum Gasteiger partial charge on any atom is 0.263 e. The molecule has 5 rings (SSSR count). The molecule has 1 saturated heterocycles. The topological polar surface area (TPSA) is 170 Å². The highest BCUT2D eigenvalue weighted by atomic mass is 16.5. The zero-order chi connectivity index (χ0) is 24.6. The van der Waals surface area contributed by atoms with Gasteiger partial charge in [-0.25, -0.2) is 4.98 Å². The average molecular weight is 475 g/mol. The van der Waals surface area contributed by atoms with Crippen LogP contribution in [0, 0.1) is 0 Å². The molecule has 4 N–H and O–H groups in total. The van der Waals surface area contributed by atoms with Crippen molar-refractivity contribution in [2.45, 2.75) is 18.6 Å². The van der Waals surface area contributed by atoms with Crippen LogP contribution in [0.25, 0.3) is 22.2 Å².